The largest absolute Gasteiger partial charge is 0.444 e. The van der Waals surface area contributed by atoms with Crippen molar-refractivity contribution in [2.45, 2.75) is 155 Å². The average Bonchev–Trinajstić information content (AvgIpc) is 2.20. The number of nitrogens with zero attached hydrogens (tertiary/aromatic N) is 11. The van der Waals surface area contributed by atoms with Gasteiger partial charge in [-0.15, -0.1) is 0 Å². The number of ether oxygens (including phenoxy) is 1. The SMILES string of the molecule is C.CC(C)(C)OC(=O)N1CCN(c2nc(-c3ccnc(CC4CCCC4)c3)nc3cncc(C4CC4)c23)CC1.[B]B([B])B(B([B])[B])B(B([B])[B])B(B([B])[B])B([B])[B].c1cc(-c2nc(N3CCCCC3)c3c(C4CC4)cncc3n2)cc(CC2CCCC2)n1. The predicted molar refractivity (Wildman–Crippen MR) is 383 cm³/mol. The van der Waals surface area contributed by atoms with Crippen molar-refractivity contribution in [2.75, 3.05) is 49.1 Å². The summed E-state index contributed by atoms with van der Waals surface area (Å²) < 4.78 is 5.61. The van der Waals surface area contributed by atoms with Gasteiger partial charge in [0.15, 0.2) is 11.6 Å². The minimum Gasteiger partial charge on any atom is -0.444 e. The molecule has 0 N–H and O–H groups in total. The van der Waals surface area contributed by atoms with E-state index >= 15 is 0 Å². The van der Waals surface area contributed by atoms with E-state index in [-0.39, 0.29) is 13.5 Å². The van der Waals surface area contributed by atoms with Crippen LogP contribution < -0.4 is 9.80 Å². The number of pyridine rings is 4. The molecule has 0 aromatic carbocycles. The number of carbonyl (C=O) groups excluding carboxylic acids is 1. The van der Waals surface area contributed by atoms with Crippen LogP contribution in [0.3, 0.4) is 0 Å². The van der Waals surface area contributed by atoms with Gasteiger partial charge >= 0.3 is 6.09 Å². The van der Waals surface area contributed by atoms with Crippen molar-refractivity contribution in [3.05, 3.63) is 84.0 Å². The number of rotatable bonds is 17. The van der Waals surface area contributed by atoms with E-state index in [1.54, 1.807) is 4.90 Å². The molecular formula is C57H73B18N11O2. The van der Waals surface area contributed by atoms with E-state index < -0.39 is 56.7 Å². The fourth-order valence-corrected chi connectivity index (χ4v) is 13.6. The Morgan fingerprint density at radius 3 is 1.28 bits per heavy atom. The molecule has 13 nitrogen and oxygen atoms in total. The number of amides is 1. The number of hydrogen-bond donors (Lipinski definition) is 0. The van der Waals surface area contributed by atoms with Crippen molar-refractivity contribution < 1.29 is 9.53 Å². The fraction of sp³-hybridized carbons (Fsp3) is 0.561. The molecule has 20 radical (unpaired) electrons. The number of hydrogen-bond acceptors (Lipinski definition) is 12. The van der Waals surface area contributed by atoms with E-state index in [0.717, 1.165) is 88.5 Å². The normalized spacial score (nSPS) is 17.0. The van der Waals surface area contributed by atoms with E-state index in [2.05, 4.69) is 54.1 Å². The number of piperazine rings is 1. The Bertz CT molecular complexity index is 3230. The molecule has 2 aliphatic heterocycles. The number of carbonyl (C=O) groups is 1. The van der Waals surface area contributed by atoms with Crippen LogP contribution in [0.4, 0.5) is 16.4 Å². The average molecular weight is 1140 g/mol. The van der Waals surface area contributed by atoms with E-state index in [1.165, 1.54) is 119 Å². The number of anilines is 2. The van der Waals surface area contributed by atoms with Crippen molar-refractivity contribution in [3.63, 3.8) is 0 Å². The first-order valence-electron chi connectivity index (χ1n) is 32.1. The third kappa shape index (κ3) is 17.3. The molecule has 0 unspecified atom stereocenters. The van der Waals surface area contributed by atoms with Gasteiger partial charge in [0, 0.05) is 226 Å². The minimum absolute atomic E-state index is 0. The summed E-state index contributed by atoms with van der Waals surface area (Å²) in [4.78, 5) is 58.1. The number of piperidine rings is 1. The van der Waals surface area contributed by atoms with Crippen LogP contribution in [0.25, 0.3) is 44.6 Å². The second-order valence-corrected chi connectivity index (χ2v) is 26.4. The van der Waals surface area contributed by atoms with Gasteiger partial charge in [0.1, 0.15) is 17.2 Å². The fourth-order valence-electron chi connectivity index (χ4n) is 13.6. The lowest BCUT2D eigenvalue weighted by Crippen LogP contribution is -2.78. The first-order chi connectivity index (χ1) is 41.8. The molecule has 422 valence electrons. The van der Waals surface area contributed by atoms with E-state index in [1.807, 2.05) is 57.8 Å². The topological polar surface area (TPSA) is 139 Å². The summed E-state index contributed by atoms with van der Waals surface area (Å²) in [6.45, 7) is 10.5. The molecule has 12 rings (SSSR count). The second kappa shape index (κ2) is 30.6. The molecule has 6 aromatic rings. The second-order valence-electron chi connectivity index (χ2n) is 26.4. The molecule has 6 aliphatic rings. The van der Waals surface area contributed by atoms with Crippen molar-refractivity contribution >= 4 is 168 Å². The lowest BCUT2D eigenvalue weighted by atomic mass is 8.41. The van der Waals surface area contributed by atoms with Crippen LogP contribution in [0, 0.1) is 11.8 Å². The molecule has 4 saturated carbocycles. The van der Waals surface area contributed by atoms with E-state index in [9.17, 15) is 4.79 Å². The first-order valence-corrected chi connectivity index (χ1v) is 32.1. The van der Waals surface area contributed by atoms with Gasteiger partial charge in [0.2, 0.25) is 0 Å². The maximum atomic E-state index is 12.7. The molecule has 1 amide bonds. The van der Waals surface area contributed by atoms with Crippen LogP contribution in [0.5, 0.6) is 0 Å². The van der Waals surface area contributed by atoms with E-state index in [0.29, 0.717) is 43.8 Å². The van der Waals surface area contributed by atoms with Crippen LogP contribution in [-0.2, 0) is 17.6 Å². The summed E-state index contributed by atoms with van der Waals surface area (Å²) in [6, 6.07) is 8.47. The molecular weight excluding hydrogens is 1070 g/mol. The molecule has 0 spiro atoms. The van der Waals surface area contributed by atoms with Crippen LogP contribution in [0.2, 0.25) is 0 Å². The van der Waals surface area contributed by atoms with Gasteiger partial charge in [-0.2, -0.15) is 0 Å². The summed E-state index contributed by atoms with van der Waals surface area (Å²) in [5, 5.41) is 2.35. The van der Waals surface area contributed by atoms with E-state index in [4.69, 9.17) is 102 Å². The predicted octanol–water partition coefficient (Wildman–Crippen LogP) is 5.22. The van der Waals surface area contributed by atoms with Gasteiger partial charge in [-0.05, 0) is 138 Å². The molecule has 6 fully saturated rings. The molecule has 0 bridgehead atoms. The standard InChI is InChI=1S/C30H38N6O2.C26H31N5.CH4.B18/c1-30(2,3)38-29(37)36-14-12-35(13-15-36)28-26-24(21-8-9-21)18-31-19-25(26)33-27(34-28)22-10-11-32-23(17-22)16-20-6-4-5-7-20;1-4-12-31(13-5-1)26-24-22(19-8-9-19)16-27-17-23(24)29-25(30-26)20-10-11-28-21(15-20)14-18-6-2-3-7-18;;1-11(2)16(12(3)4)18(15(9)10)17(13(5)6)14(7)8/h10-11,17-21H,4-9,12-16H2,1-3H3;10-11,15-19H,1-9,12-14H2;1H4;. The monoisotopic (exact) mass is 1140 g/mol. The molecule has 2 saturated heterocycles. The minimum atomic E-state index is -0.853. The Balaban J connectivity index is 0.000000167. The Labute approximate surface area is 541 Å². The zero-order valence-electron chi connectivity index (χ0n) is 51.5. The Morgan fingerprint density at radius 2 is 0.909 bits per heavy atom. The highest BCUT2D eigenvalue weighted by Gasteiger charge is 2.42. The van der Waals surface area contributed by atoms with Gasteiger partial charge < -0.3 is 19.4 Å². The van der Waals surface area contributed by atoms with Crippen LogP contribution >= 0.6 is 0 Å². The van der Waals surface area contributed by atoms with Crippen LogP contribution in [-0.4, -0.2) is 224 Å². The number of fused-ring (bicyclic) bond motifs is 2. The lowest BCUT2D eigenvalue weighted by molar-refractivity contribution is 0.0240. The van der Waals surface area contributed by atoms with Gasteiger partial charge in [-0.25, -0.2) is 24.7 Å². The zero-order chi connectivity index (χ0) is 61.5. The molecule has 6 aromatic heterocycles. The molecule has 0 atom stereocenters. The summed E-state index contributed by atoms with van der Waals surface area (Å²) in [6.07, 6.45) is 26.9. The summed E-state index contributed by atoms with van der Waals surface area (Å²) >= 11 is 0. The van der Waals surface area contributed by atoms with Crippen LogP contribution in [0.1, 0.15) is 159 Å². The third-order valence-electron chi connectivity index (χ3n) is 18.4. The Hall–Kier alpha value is -4.68. The number of aromatic nitrogens is 8. The molecule has 4 aliphatic carbocycles. The molecule has 31 heteroatoms. The van der Waals surface area contributed by atoms with Crippen molar-refractivity contribution in [1.82, 2.24) is 44.8 Å². The van der Waals surface area contributed by atoms with Crippen LogP contribution in [0.15, 0.2) is 61.4 Å². The first kappa shape index (κ1) is 67.7. The Morgan fingerprint density at radius 1 is 0.511 bits per heavy atom. The summed E-state index contributed by atoms with van der Waals surface area (Å²) in [7, 11) is 56.7. The van der Waals surface area contributed by atoms with Crippen molar-refractivity contribution in [1.29, 1.82) is 0 Å². The van der Waals surface area contributed by atoms with Crippen molar-refractivity contribution in [2.24, 2.45) is 11.8 Å². The van der Waals surface area contributed by atoms with Gasteiger partial charge in [-0.1, -0.05) is 58.8 Å². The van der Waals surface area contributed by atoms with Gasteiger partial charge in [0.05, 0.1) is 23.4 Å². The quantitative estimate of drug-likeness (QED) is 0.111. The Kier molecular flexibility index (Phi) is 23.6. The highest BCUT2D eigenvalue weighted by Crippen LogP contribution is 2.46. The highest BCUT2D eigenvalue weighted by molar-refractivity contribution is 8.17. The maximum Gasteiger partial charge on any atom is 0.410 e. The van der Waals surface area contributed by atoms with Gasteiger partial charge in [0.25, 0.3) is 0 Å². The smallest absolute Gasteiger partial charge is 0.410 e. The zero-order valence-corrected chi connectivity index (χ0v) is 51.5. The lowest BCUT2D eigenvalue weighted by Gasteiger charge is -2.40. The maximum absolute atomic E-state index is 12.7. The summed E-state index contributed by atoms with van der Waals surface area (Å²) in [5.41, 5.74) is 8.35. The molecule has 8 heterocycles. The molecule has 88 heavy (non-hydrogen) atoms. The third-order valence-corrected chi connectivity index (χ3v) is 18.4. The van der Waals surface area contributed by atoms with Crippen molar-refractivity contribution in [3.8, 4) is 22.8 Å². The highest BCUT2D eigenvalue weighted by atomic mass is 16.6. The van der Waals surface area contributed by atoms with Gasteiger partial charge in [-0.3, -0.25) is 19.9 Å². The summed E-state index contributed by atoms with van der Waals surface area (Å²) in [5.74, 6) is 6.29.